The summed E-state index contributed by atoms with van der Waals surface area (Å²) in [4.78, 5) is 11.6. The van der Waals surface area contributed by atoms with E-state index < -0.39 is 0 Å². The summed E-state index contributed by atoms with van der Waals surface area (Å²) < 4.78 is 0.981. The van der Waals surface area contributed by atoms with E-state index >= 15 is 0 Å². The van der Waals surface area contributed by atoms with Gasteiger partial charge in [-0.2, -0.15) is 0 Å². The molecule has 1 rings (SSSR count). The Kier molecular flexibility index (Phi) is 5.44. The summed E-state index contributed by atoms with van der Waals surface area (Å²) in [5.74, 6) is 0. The van der Waals surface area contributed by atoms with E-state index in [0.717, 1.165) is 15.7 Å². The van der Waals surface area contributed by atoms with E-state index in [1.807, 2.05) is 32.0 Å². The van der Waals surface area contributed by atoms with Crippen LogP contribution in [0.4, 0.5) is 10.5 Å². The van der Waals surface area contributed by atoms with Crippen LogP contribution in [0.3, 0.4) is 0 Å². The predicted molar refractivity (Wildman–Crippen MR) is 72.2 cm³/mol. The summed E-state index contributed by atoms with van der Waals surface area (Å²) in [7, 11) is 0. The number of aliphatic hydroxyl groups excluding tert-OH is 1. The molecule has 0 aromatic heterocycles. The van der Waals surface area contributed by atoms with Gasteiger partial charge in [0.25, 0.3) is 0 Å². The number of nitrogens with one attached hydrogen (secondary N) is 2. The average molecular weight is 301 g/mol. The maximum absolute atomic E-state index is 11.6. The first-order valence-corrected chi connectivity index (χ1v) is 6.26. The van der Waals surface area contributed by atoms with Crippen molar-refractivity contribution in [3.8, 4) is 0 Å². The van der Waals surface area contributed by atoms with Gasteiger partial charge in [-0.05, 0) is 44.0 Å². The van der Waals surface area contributed by atoms with Gasteiger partial charge in [0.1, 0.15) is 0 Å². The normalized spacial score (nSPS) is 12.0. The number of rotatable bonds is 4. The summed E-state index contributed by atoms with van der Waals surface area (Å²) in [6, 6.07) is 5.36. The van der Waals surface area contributed by atoms with Crippen LogP contribution in [-0.4, -0.2) is 23.8 Å². The summed E-state index contributed by atoms with van der Waals surface area (Å²) >= 11 is 3.37. The number of amides is 2. The highest BCUT2D eigenvalue weighted by Gasteiger charge is 2.08. The number of aryl methyl sites for hydroxylation is 1. The number of urea groups is 1. The zero-order chi connectivity index (χ0) is 12.8. The lowest BCUT2D eigenvalue weighted by molar-refractivity contribution is 0.241. The van der Waals surface area contributed by atoms with Crippen LogP contribution >= 0.6 is 15.9 Å². The topological polar surface area (TPSA) is 61.4 Å². The Morgan fingerprint density at radius 3 is 2.82 bits per heavy atom. The molecule has 4 nitrogen and oxygen atoms in total. The smallest absolute Gasteiger partial charge is 0.319 e. The van der Waals surface area contributed by atoms with Crippen molar-refractivity contribution in [3.63, 3.8) is 0 Å². The van der Waals surface area contributed by atoms with Gasteiger partial charge in [0.05, 0.1) is 0 Å². The van der Waals surface area contributed by atoms with Crippen LogP contribution < -0.4 is 10.6 Å². The van der Waals surface area contributed by atoms with E-state index in [2.05, 4.69) is 26.6 Å². The number of hydrogen-bond donors (Lipinski definition) is 3. The van der Waals surface area contributed by atoms with Crippen LogP contribution in [0.1, 0.15) is 18.9 Å². The molecule has 0 aliphatic heterocycles. The molecule has 0 fully saturated rings. The van der Waals surface area contributed by atoms with E-state index in [1.165, 1.54) is 0 Å². The molecule has 0 saturated heterocycles. The molecule has 0 heterocycles. The van der Waals surface area contributed by atoms with E-state index in [-0.39, 0.29) is 18.7 Å². The number of anilines is 1. The van der Waals surface area contributed by atoms with Crippen LogP contribution in [0.15, 0.2) is 22.7 Å². The summed E-state index contributed by atoms with van der Waals surface area (Å²) in [6.07, 6.45) is 0.548. The molecule has 0 spiro atoms. The lowest BCUT2D eigenvalue weighted by Crippen LogP contribution is -2.36. The molecule has 0 unspecified atom stereocenters. The molecule has 2 amide bonds. The minimum atomic E-state index is -0.253. The van der Waals surface area contributed by atoms with Crippen molar-refractivity contribution in [2.24, 2.45) is 0 Å². The number of benzene rings is 1. The van der Waals surface area contributed by atoms with Crippen LogP contribution in [0, 0.1) is 6.92 Å². The Morgan fingerprint density at radius 2 is 2.24 bits per heavy atom. The number of carbonyl (C=O) groups excluding carboxylic acids is 1. The van der Waals surface area contributed by atoms with Gasteiger partial charge in [0.15, 0.2) is 0 Å². The van der Waals surface area contributed by atoms with Gasteiger partial charge in [-0.15, -0.1) is 0 Å². The van der Waals surface area contributed by atoms with Gasteiger partial charge in [-0.1, -0.05) is 15.9 Å². The lowest BCUT2D eigenvalue weighted by Gasteiger charge is -2.14. The number of aliphatic hydroxyl groups is 1. The second-order valence-electron chi connectivity index (χ2n) is 3.97. The van der Waals surface area contributed by atoms with Crippen molar-refractivity contribution < 1.29 is 9.90 Å². The third-order valence-corrected chi connectivity index (χ3v) is 2.87. The maximum atomic E-state index is 11.6. The van der Waals surface area contributed by atoms with Crippen molar-refractivity contribution in [1.29, 1.82) is 0 Å². The fourth-order valence-electron chi connectivity index (χ4n) is 1.42. The van der Waals surface area contributed by atoms with Crippen molar-refractivity contribution in [2.75, 3.05) is 11.9 Å². The van der Waals surface area contributed by atoms with Crippen molar-refractivity contribution >= 4 is 27.6 Å². The third kappa shape index (κ3) is 4.75. The van der Waals surface area contributed by atoms with Crippen LogP contribution in [0.2, 0.25) is 0 Å². The molecule has 0 aliphatic rings. The van der Waals surface area contributed by atoms with Gasteiger partial charge in [-0.3, -0.25) is 0 Å². The molecule has 1 atom stereocenters. The third-order valence-electron chi connectivity index (χ3n) is 2.38. The molecule has 0 saturated carbocycles. The standard InChI is InChI=1S/C12H17BrN2O2/c1-8-7-10(13)3-4-11(8)15-12(17)14-9(2)5-6-16/h3-4,7,9,16H,5-6H2,1-2H3,(H2,14,15,17)/t9-/m1/s1. The first-order valence-electron chi connectivity index (χ1n) is 5.47. The molecule has 0 bridgehead atoms. The van der Waals surface area contributed by atoms with Gasteiger partial charge in [0, 0.05) is 22.8 Å². The van der Waals surface area contributed by atoms with E-state index in [9.17, 15) is 4.79 Å². The highest BCUT2D eigenvalue weighted by molar-refractivity contribution is 9.10. The molecule has 17 heavy (non-hydrogen) atoms. The van der Waals surface area contributed by atoms with Crippen molar-refractivity contribution in [2.45, 2.75) is 26.3 Å². The fourth-order valence-corrected chi connectivity index (χ4v) is 1.89. The summed E-state index contributed by atoms with van der Waals surface area (Å²) in [5, 5.41) is 14.3. The van der Waals surface area contributed by atoms with Gasteiger partial charge < -0.3 is 15.7 Å². The minimum absolute atomic E-state index is 0.0456. The Bertz CT molecular complexity index is 396. The van der Waals surface area contributed by atoms with Crippen molar-refractivity contribution in [1.82, 2.24) is 5.32 Å². The Balaban J connectivity index is 2.56. The first kappa shape index (κ1) is 14.0. The minimum Gasteiger partial charge on any atom is -0.396 e. The largest absolute Gasteiger partial charge is 0.396 e. The molecule has 94 valence electrons. The molecule has 0 aliphatic carbocycles. The second kappa shape index (κ2) is 6.61. The van der Waals surface area contributed by atoms with Gasteiger partial charge in [-0.25, -0.2) is 4.79 Å². The average Bonchev–Trinajstić information content (AvgIpc) is 2.22. The Hall–Kier alpha value is -1.07. The predicted octanol–water partition coefficient (Wildman–Crippen LogP) is 2.65. The SMILES string of the molecule is Cc1cc(Br)ccc1NC(=O)N[C@H](C)CCO. The number of hydrogen-bond acceptors (Lipinski definition) is 2. The van der Waals surface area contributed by atoms with Gasteiger partial charge >= 0.3 is 6.03 Å². The zero-order valence-corrected chi connectivity index (χ0v) is 11.5. The monoisotopic (exact) mass is 300 g/mol. The Labute approximate surface area is 110 Å². The maximum Gasteiger partial charge on any atom is 0.319 e. The highest BCUT2D eigenvalue weighted by Crippen LogP contribution is 2.19. The van der Waals surface area contributed by atoms with E-state index in [1.54, 1.807) is 0 Å². The van der Waals surface area contributed by atoms with Crippen LogP contribution in [-0.2, 0) is 0 Å². The van der Waals surface area contributed by atoms with Gasteiger partial charge in [0.2, 0.25) is 0 Å². The molecule has 0 radical (unpaired) electrons. The molecule has 1 aromatic carbocycles. The summed E-state index contributed by atoms with van der Waals surface area (Å²) in [6.45, 7) is 3.85. The number of carbonyl (C=O) groups is 1. The number of halogens is 1. The Morgan fingerprint density at radius 1 is 1.53 bits per heavy atom. The quantitative estimate of drug-likeness (QED) is 0.800. The molecule has 5 heteroatoms. The second-order valence-corrected chi connectivity index (χ2v) is 4.89. The molecular weight excluding hydrogens is 284 g/mol. The lowest BCUT2D eigenvalue weighted by atomic mass is 10.2. The van der Waals surface area contributed by atoms with Crippen LogP contribution in [0.25, 0.3) is 0 Å². The molecular formula is C12H17BrN2O2. The molecule has 1 aromatic rings. The van der Waals surface area contributed by atoms with E-state index in [0.29, 0.717) is 6.42 Å². The molecule has 3 N–H and O–H groups in total. The highest BCUT2D eigenvalue weighted by atomic mass is 79.9. The zero-order valence-electron chi connectivity index (χ0n) is 9.96. The summed E-state index contributed by atoms with van der Waals surface area (Å²) in [5.41, 5.74) is 1.77. The first-order chi connectivity index (χ1) is 8.02. The van der Waals surface area contributed by atoms with E-state index in [4.69, 9.17) is 5.11 Å². The van der Waals surface area contributed by atoms with Crippen molar-refractivity contribution in [3.05, 3.63) is 28.2 Å². The van der Waals surface area contributed by atoms with Crippen LogP contribution in [0.5, 0.6) is 0 Å². The fraction of sp³-hybridized carbons (Fsp3) is 0.417.